The molecular weight excluding hydrogens is 346 g/mol. The zero-order valence-electron chi connectivity index (χ0n) is 14.4. The van der Waals surface area contributed by atoms with Crippen LogP contribution in [0.3, 0.4) is 0 Å². The minimum absolute atomic E-state index is 0.673. The first-order chi connectivity index (χ1) is 12.8. The Bertz CT molecular complexity index is 922. The third kappa shape index (κ3) is 3.70. The lowest BCUT2D eigenvalue weighted by Gasteiger charge is -2.09. The molecule has 1 aromatic heterocycles. The highest BCUT2D eigenvalue weighted by Gasteiger charge is 2.12. The summed E-state index contributed by atoms with van der Waals surface area (Å²) in [5.74, 6) is 1.56. The van der Waals surface area contributed by atoms with Crippen LogP contribution < -0.4 is 14.9 Å². The van der Waals surface area contributed by atoms with Gasteiger partial charge in [-0.3, -0.25) is 5.43 Å². The summed E-state index contributed by atoms with van der Waals surface area (Å²) in [6.45, 7) is 3.32. The fourth-order valence-electron chi connectivity index (χ4n) is 2.65. The topological polar surface area (TPSA) is 55.7 Å². The molecule has 3 aromatic rings. The molecule has 1 N–H and O–H groups in total. The van der Waals surface area contributed by atoms with Crippen LogP contribution in [0.4, 0.5) is 5.13 Å². The minimum atomic E-state index is 0.673. The van der Waals surface area contributed by atoms with Gasteiger partial charge in [0.15, 0.2) is 11.5 Å². The lowest BCUT2D eigenvalue weighted by atomic mass is 10.1. The van der Waals surface area contributed by atoms with Crippen LogP contribution in [0.5, 0.6) is 11.5 Å². The van der Waals surface area contributed by atoms with E-state index in [1.165, 1.54) is 11.3 Å². The molecule has 0 unspecified atom stereocenters. The molecule has 5 nitrogen and oxygen atoms in total. The van der Waals surface area contributed by atoms with E-state index in [-0.39, 0.29) is 0 Å². The van der Waals surface area contributed by atoms with Crippen LogP contribution in [-0.4, -0.2) is 23.9 Å². The van der Waals surface area contributed by atoms with Gasteiger partial charge in [-0.1, -0.05) is 30.3 Å². The average Bonchev–Trinajstić information content (AvgIpc) is 3.04. The molecule has 0 spiro atoms. The Hall–Kier alpha value is -2.86. The molecule has 26 heavy (non-hydrogen) atoms. The van der Waals surface area contributed by atoms with Crippen molar-refractivity contribution in [3.05, 3.63) is 59.5 Å². The Morgan fingerprint density at radius 2 is 1.88 bits per heavy atom. The SMILES string of the molecule is C/C(=N/Nc1nc(-c2ccccc2)cs1)c1ccc2c(c1)OCCCO2. The summed E-state index contributed by atoms with van der Waals surface area (Å²) < 4.78 is 11.4. The summed E-state index contributed by atoms with van der Waals surface area (Å²) in [4.78, 5) is 4.58. The number of rotatable bonds is 4. The molecule has 0 saturated carbocycles. The van der Waals surface area contributed by atoms with Crippen LogP contribution in [0, 0.1) is 0 Å². The van der Waals surface area contributed by atoms with E-state index < -0.39 is 0 Å². The Morgan fingerprint density at radius 3 is 2.73 bits per heavy atom. The molecule has 2 heterocycles. The molecule has 0 aliphatic carbocycles. The number of ether oxygens (including phenoxy) is 2. The number of hydrazone groups is 1. The second-order valence-corrected chi connectivity index (χ2v) is 6.78. The average molecular weight is 365 g/mol. The first kappa shape index (κ1) is 16.6. The predicted molar refractivity (Wildman–Crippen MR) is 105 cm³/mol. The predicted octanol–water partition coefficient (Wildman–Crippen LogP) is 4.81. The number of nitrogens with zero attached hydrogens (tertiary/aromatic N) is 2. The van der Waals surface area contributed by atoms with Crippen molar-refractivity contribution in [2.75, 3.05) is 18.6 Å². The maximum atomic E-state index is 5.74. The summed E-state index contributed by atoms with van der Waals surface area (Å²) in [5.41, 5.74) is 6.94. The summed E-state index contributed by atoms with van der Waals surface area (Å²) in [5, 5.41) is 7.25. The number of thiazole rings is 1. The molecule has 0 radical (unpaired) electrons. The van der Waals surface area contributed by atoms with E-state index in [0.717, 1.165) is 45.6 Å². The third-order valence-electron chi connectivity index (χ3n) is 4.06. The van der Waals surface area contributed by atoms with Gasteiger partial charge in [0.2, 0.25) is 5.13 Å². The smallest absolute Gasteiger partial charge is 0.203 e. The number of nitrogens with one attached hydrogen (secondary N) is 1. The highest BCUT2D eigenvalue weighted by Crippen LogP contribution is 2.30. The quantitative estimate of drug-likeness (QED) is 0.533. The van der Waals surface area contributed by atoms with Gasteiger partial charge in [0.05, 0.1) is 24.6 Å². The summed E-state index contributed by atoms with van der Waals surface area (Å²) in [7, 11) is 0. The lowest BCUT2D eigenvalue weighted by molar-refractivity contribution is 0.297. The molecule has 1 aliphatic heterocycles. The van der Waals surface area contributed by atoms with Crippen molar-refractivity contribution in [1.29, 1.82) is 0 Å². The second-order valence-electron chi connectivity index (χ2n) is 5.92. The number of hydrogen-bond acceptors (Lipinski definition) is 6. The molecule has 6 heteroatoms. The summed E-state index contributed by atoms with van der Waals surface area (Å²) in [6.07, 6.45) is 0.895. The van der Waals surface area contributed by atoms with E-state index in [1.807, 2.05) is 60.8 Å². The molecule has 132 valence electrons. The van der Waals surface area contributed by atoms with Crippen LogP contribution >= 0.6 is 11.3 Å². The maximum Gasteiger partial charge on any atom is 0.203 e. The van der Waals surface area contributed by atoms with Crippen molar-refractivity contribution in [2.24, 2.45) is 5.10 Å². The molecule has 4 rings (SSSR count). The van der Waals surface area contributed by atoms with Gasteiger partial charge < -0.3 is 9.47 Å². The van der Waals surface area contributed by atoms with Gasteiger partial charge in [-0.05, 0) is 25.1 Å². The number of hydrogen-bond donors (Lipinski definition) is 1. The molecule has 1 aliphatic rings. The molecule has 0 bridgehead atoms. The van der Waals surface area contributed by atoms with Crippen molar-refractivity contribution in [1.82, 2.24) is 4.98 Å². The zero-order valence-corrected chi connectivity index (χ0v) is 15.3. The standard InChI is InChI=1S/C20H19N3O2S/c1-14(16-8-9-18-19(12-16)25-11-5-10-24-18)22-23-20-21-17(13-26-20)15-6-3-2-4-7-15/h2-4,6-9,12-13H,5,10-11H2,1H3,(H,21,23)/b22-14-. The first-order valence-corrected chi connectivity index (χ1v) is 9.39. The van der Waals surface area contributed by atoms with Crippen molar-refractivity contribution in [3.8, 4) is 22.8 Å². The van der Waals surface area contributed by atoms with Crippen molar-refractivity contribution in [2.45, 2.75) is 13.3 Å². The Kier molecular flexibility index (Phi) is 4.84. The van der Waals surface area contributed by atoms with E-state index in [4.69, 9.17) is 9.47 Å². The van der Waals surface area contributed by atoms with Crippen LogP contribution in [0.2, 0.25) is 0 Å². The number of aromatic nitrogens is 1. The van der Waals surface area contributed by atoms with Gasteiger partial charge in [0.25, 0.3) is 0 Å². The van der Waals surface area contributed by atoms with E-state index in [9.17, 15) is 0 Å². The Morgan fingerprint density at radius 1 is 1.08 bits per heavy atom. The van der Waals surface area contributed by atoms with Crippen LogP contribution in [0.1, 0.15) is 18.9 Å². The van der Waals surface area contributed by atoms with Crippen LogP contribution in [0.15, 0.2) is 59.0 Å². The lowest BCUT2D eigenvalue weighted by Crippen LogP contribution is -2.01. The van der Waals surface area contributed by atoms with E-state index in [2.05, 4.69) is 15.5 Å². The van der Waals surface area contributed by atoms with Crippen LogP contribution in [-0.2, 0) is 0 Å². The second kappa shape index (κ2) is 7.58. The van der Waals surface area contributed by atoms with Gasteiger partial charge in [-0.25, -0.2) is 4.98 Å². The van der Waals surface area contributed by atoms with Crippen molar-refractivity contribution in [3.63, 3.8) is 0 Å². The summed E-state index contributed by atoms with van der Waals surface area (Å²) >= 11 is 1.53. The van der Waals surface area contributed by atoms with Crippen molar-refractivity contribution >= 4 is 22.2 Å². The molecule has 0 saturated heterocycles. The van der Waals surface area contributed by atoms with E-state index in [0.29, 0.717) is 13.2 Å². The largest absolute Gasteiger partial charge is 0.490 e. The normalized spacial score (nSPS) is 14.0. The van der Waals surface area contributed by atoms with E-state index in [1.54, 1.807) is 0 Å². The number of fused-ring (bicyclic) bond motifs is 1. The number of anilines is 1. The first-order valence-electron chi connectivity index (χ1n) is 8.51. The Balaban J connectivity index is 1.49. The van der Waals surface area contributed by atoms with Gasteiger partial charge >= 0.3 is 0 Å². The van der Waals surface area contributed by atoms with Crippen LogP contribution in [0.25, 0.3) is 11.3 Å². The molecular formula is C20H19N3O2S. The maximum absolute atomic E-state index is 5.74. The van der Waals surface area contributed by atoms with Gasteiger partial charge in [0.1, 0.15) is 0 Å². The fourth-order valence-corrected chi connectivity index (χ4v) is 3.31. The highest BCUT2D eigenvalue weighted by molar-refractivity contribution is 7.14. The summed E-state index contributed by atoms with van der Waals surface area (Å²) in [6, 6.07) is 16.0. The highest BCUT2D eigenvalue weighted by atomic mass is 32.1. The zero-order chi connectivity index (χ0) is 17.8. The van der Waals surface area contributed by atoms with Gasteiger partial charge in [-0.15, -0.1) is 11.3 Å². The fraction of sp³-hybridized carbons (Fsp3) is 0.200. The number of benzene rings is 2. The third-order valence-corrected chi connectivity index (χ3v) is 4.81. The monoisotopic (exact) mass is 365 g/mol. The van der Waals surface area contributed by atoms with Gasteiger partial charge in [-0.2, -0.15) is 5.10 Å². The molecule has 0 amide bonds. The minimum Gasteiger partial charge on any atom is -0.490 e. The molecule has 0 atom stereocenters. The van der Waals surface area contributed by atoms with E-state index >= 15 is 0 Å². The van der Waals surface area contributed by atoms with Gasteiger partial charge in [0, 0.05) is 22.9 Å². The Labute approximate surface area is 156 Å². The molecule has 2 aromatic carbocycles. The molecule has 0 fully saturated rings. The van der Waals surface area contributed by atoms with Crippen molar-refractivity contribution < 1.29 is 9.47 Å².